The SMILES string of the molecule is CCNC(=O)[C@@H]1CC(O)[C@H](n2cnc3c(N)nc(C#CC4(O)CCCC4)nc32)O1. The second-order valence-corrected chi connectivity index (χ2v) is 7.46. The lowest BCUT2D eigenvalue weighted by molar-refractivity contribution is -0.134. The quantitative estimate of drug-likeness (QED) is 0.520. The van der Waals surface area contributed by atoms with Crippen molar-refractivity contribution >= 4 is 22.9 Å². The maximum Gasteiger partial charge on any atom is 0.249 e. The number of hydrogen-bond acceptors (Lipinski definition) is 8. The summed E-state index contributed by atoms with van der Waals surface area (Å²) in [5, 5.41) is 23.5. The van der Waals surface area contributed by atoms with Crippen LogP contribution in [0.4, 0.5) is 5.82 Å². The first-order valence-corrected chi connectivity index (χ1v) is 9.77. The monoisotopic (exact) mass is 400 g/mol. The highest BCUT2D eigenvalue weighted by Crippen LogP contribution is 2.32. The van der Waals surface area contributed by atoms with Crippen molar-refractivity contribution in [3.8, 4) is 11.8 Å². The number of imidazole rings is 1. The van der Waals surface area contributed by atoms with Gasteiger partial charge in [0.25, 0.3) is 0 Å². The minimum absolute atomic E-state index is 0.143. The zero-order valence-corrected chi connectivity index (χ0v) is 16.1. The number of nitrogens with zero attached hydrogens (tertiary/aromatic N) is 4. The number of carbonyl (C=O) groups excluding carboxylic acids is 1. The fraction of sp³-hybridized carbons (Fsp3) is 0.579. The largest absolute Gasteiger partial charge is 0.388 e. The smallest absolute Gasteiger partial charge is 0.249 e. The maximum absolute atomic E-state index is 12.1. The molecule has 1 saturated carbocycles. The molecule has 1 unspecified atom stereocenters. The zero-order chi connectivity index (χ0) is 20.6. The molecule has 2 aromatic heterocycles. The third-order valence-electron chi connectivity index (χ3n) is 5.29. The molecule has 1 amide bonds. The molecule has 4 rings (SSSR count). The summed E-state index contributed by atoms with van der Waals surface area (Å²) in [5.74, 6) is 5.69. The molecule has 2 fully saturated rings. The van der Waals surface area contributed by atoms with Crippen LogP contribution in [0.25, 0.3) is 11.2 Å². The fourth-order valence-electron chi connectivity index (χ4n) is 3.80. The molecule has 0 aromatic carbocycles. The second kappa shape index (κ2) is 7.59. The van der Waals surface area contributed by atoms with Crippen LogP contribution in [0, 0.1) is 11.8 Å². The van der Waals surface area contributed by atoms with Gasteiger partial charge in [0.2, 0.25) is 11.7 Å². The summed E-state index contributed by atoms with van der Waals surface area (Å²) < 4.78 is 7.30. The number of aliphatic hydroxyl groups is 2. The molecular weight excluding hydrogens is 376 g/mol. The van der Waals surface area contributed by atoms with E-state index in [9.17, 15) is 15.0 Å². The van der Waals surface area contributed by atoms with Crippen molar-refractivity contribution in [3.05, 3.63) is 12.2 Å². The van der Waals surface area contributed by atoms with Crippen LogP contribution < -0.4 is 11.1 Å². The second-order valence-electron chi connectivity index (χ2n) is 7.46. The van der Waals surface area contributed by atoms with Gasteiger partial charge in [-0.3, -0.25) is 9.36 Å². The Morgan fingerprint density at radius 2 is 2.21 bits per heavy atom. The number of aromatic nitrogens is 4. The molecule has 0 bridgehead atoms. The Labute approximate surface area is 167 Å². The molecular formula is C19H24N6O4. The van der Waals surface area contributed by atoms with Gasteiger partial charge in [0, 0.05) is 13.0 Å². The molecule has 2 aromatic rings. The van der Waals surface area contributed by atoms with Crippen LogP contribution >= 0.6 is 0 Å². The highest BCUT2D eigenvalue weighted by Gasteiger charge is 2.39. The Hall–Kier alpha value is -2.74. The van der Waals surface area contributed by atoms with Gasteiger partial charge in [0.1, 0.15) is 23.3 Å². The van der Waals surface area contributed by atoms with Gasteiger partial charge >= 0.3 is 0 Å². The van der Waals surface area contributed by atoms with Crippen LogP contribution in [0.1, 0.15) is 51.1 Å². The average molecular weight is 400 g/mol. The lowest BCUT2D eigenvalue weighted by Gasteiger charge is -2.16. The average Bonchev–Trinajstić information content (AvgIpc) is 3.39. The molecule has 0 spiro atoms. The first-order chi connectivity index (χ1) is 13.9. The summed E-state index contributed by atoms with van der Waals surface area (Å²) in [6.07, 6.45) is 2.22. The van der Waals surface area contributed by atoms with Crippen LogP contribution in [0.15, 0.2) is 6.33 Å². The number of hydrogen-bond donors (Lipinski definition) is 4. The number of nitrogens with two attached hydrogens (primary N) is 1. The molecule has 29 heavy (non-hydrogen) atoms. The van der Waals surface area contributed by atoms with Gasteiger partial charge in [0.15, 0.2) is 17.7 Å². The molecule has 10 heteroatoms. The molecule has 3 atom stereocenters. The Kier molecular flexibility index (Phi) is 5.12. The van der Waals surface area contributed by atoms with E-state index >= 15 is 0 Å². The molecule has 10 nitrogen and oxygen atoms in total. The van der Waals surface area contributed by atoms with E-state index in [2.05, 4.69) is 32.1 Å². The van der Waals surface area contributed by atoms with Gasteiger partial charge in [-0.1, -0.05) is 5.92 Å². The van der Waals surface area contributed by atoms with E-state index in [1.165, 1.54) is 10.9 Å². The van der Waals surface area contributed by atoms with Gasteiger partial charge in [-0.2, -0.15) is 0 Å². The normalized spacial score (nSPS) is 25.7. The van der Waals surface area contributed by atoms with E-state index in [0.29, 0.717) is 30.6 Å². The first-order valence-electron chi connectivity index (χ1n) is 9.77. The fourth-order valence-corrected chi connectivity index (χ4v) is 3.80. The molecule has 1 aliphatic heterocycles. The van der Waals surface area contributed by atoms with Gasteiger partial charge < -0.3 is 26.0 Å². The van der Waals surface area contributed by atoms with Crippen LogP contribution in [-0.2, 0) is 9.53 Å². The lowest BCUT2D eigenvalue weighted by Crippen LogP contribution is -2.34. The molecule has 0 radical (unpaired) electrons. The highest BCUT2D eigenvalue weighted by molar-refractivity contribution is 5.82. The predicted molar refractivity (Wildman–Crippen MR) is 103 cm³/mol. The van der Waals surface area contributed by atoms with Gasteiger partial charge in [-0.15, -0.1) is 0 Å². The van der Waals surface area contributed by atoms with Crippen molar-refractivity contribution in [2.24, 2.45) is 0 Å². The third kappa shape index (κ3) is 3.76. The molecule has 1 saturated heterocycles. The number of nitrogen functional groups attached to an aromatic ring is 1. The number of nitrogens with one attached hydrogen (secondary N) is 1. The van der Waals surface area contributed by atoms with E-state index in [-0.39, 0.29) is 24.0 Å². The summed E-state index contributed by atoms with van der Waals surface area (Å²) >= 11 is 0. The Morgan fingerprint density at radius 1 is 1.45 bits per heavy atom. The number of aliphatic hydroxyl groups excluding tert-OH is 1. The topological polar surface area (TPSA) is 148 Å². The van der Waals surface area contributed by atoms with Crippen LogP contribution in [0.3, 0.4) is 0 Å². The molecule has 2 aliphatic rings. The number of likely N-dealkylation sites (N-methyl/N-ethyl adjacent to an activating group) is 1. The Bertz CT molecular complexity index is 988. The lowest BCUT2D eigenvalue weighted by atomic mass is 10.0. The van der Waals surface area contributed by atoms with Crippen LogP contribution in [0.5, 0.6) is 0 Å². The number of carbonyl (C=O) groups is 1. The van der Waals surface area contributed by atoms with Crippen molar-refractivity contribution < 1.29 is 19.7 Å². The van der Waals surface area contributed by atoms with Crippen molar-refractivity contribution in [1.82, 2.24) is 24.8 Å². The summed E-state index contributed by atoms with van der Waals surface area (Å²) in [4.78, 5) is 24.8. The van der Waals surface area contributed by atoms with E-state index in [4.69, 9.17) is 10.5 Å². The van der Waals surface area contributed by atoms with Gasteiger partial charge in [-0.05, 0) is 38.5 Å². The molecule has 154 valence electrons. The van der Waals surface area contributed by atoms with Gasteiger partial charge in [-0.25, -0.2) is 15.0 Å². The Morgan fingerprint density at radius 3 is 2.93 bits per heavy atom. The number of rotatable bonds is 3. The predicted octanol–water partition coefficient (Wildman–Crippen LogP) is -0.150. The minimum atomic E-state index is -1.02. The van der Waals surface area contributed by atoms with Crippen LogP contribution in [-0.4, -0.2) is 60.0 Å². The van der Waals surface area contributed by atoms with Crippen molar-refractivity contribution in [2.45, 2.75) is 63.1 Å². The van der Waals surface area contributed by atoms with E-state index < -0.39 is 24.0 Å². The van der Waals surface area contributed by atoms with E-state index in [1.54, 1.807) is 0 Å². The van der Waals surface area contributed by atoms with Gasteiger partial charge in [0.05, 0.1) is 6.33 Å². The summed E-state index contributed by atoms with van der Waals surface area (Å²) in [6.45, 7) is 2.29. The standard InChI is InChI=1S/C19H24N6O4/c1-2-21-17(27)12-9-11(26)18(29-12)25-10-22-14-15(20)23-13(24-16(14)25)5-8-19(28)6-3-4-7-19/h10-12,18,26,28H,2-4,6-7,9H2,1H3,(H,21,27)(H2,20,23,24)/t11?,12-,18+/m0/s1. The molecule has 5 N–H and O–H groups in total. The number of ether oxygens (including phenoxy) is 1. The zero-order valence-electron chi connectivity index (χ0n) is 16.1. The van der Waals surface area contributed by atoms with Crippen molar-refractivity contribution in [2.75, 3.05) is 12.3 Å². The summed E-state index contributed by atoms with van der Waals surface area (Å²) in [5.41, 5.74) is 5.70. The highest BCUT2D eigenvalue weighted by atomic mass is 16.5. The summed E-state index contributed by atoms with van der Waals surface area (Å²) in [6, 6.07) is 0. The van der Waals surface area contributed by atoms with Crippen molar-refractivity contribution in [3.63, 3.8) is 0 Å². The van der Waals surface area contributed by atoms with E-state index in [1.807, 2.05) is 6.92 Å². The summed E-state index contributed by atoms with van der Waals surface area (Å²) in [7, 11) is 0. The minimum Gasteiger partial charge on any atom is -0.388 e. The Balaban J connectivity index is 1.65. The molecule has 1 aliphatic carbocycles. The number of fused-ring (bicyclic) bond motifs is 1. The third-order valence-corrected chi connectivity index (χ3v) is 5.29. The number of anilines is 1. The maximum atomic E-state index is 12.1. The molecule has 3 heterocycles. The first kappa shape index (κ1) is 19.6. The van der Waals surface area contributed by atoms with Crippen molar-refractivity contribution in [1.29, 1.82) is 0 Å². The van der Waals surface area contributed by atoms with Crippen LogP contribution in [0.2, 0.25) is 0 Å². The van der Waals surface area contributed by atoms with E-state index in [0.717, 1.165) is 12.8 Å². The number of amides is 1.